The van der Waals surface area contributed by atoms with E-state index in [9.17, 15) is 4.79 Å². The molecule has 6 nitrogen and oxygen atoms in total. The van der Waals surface area contributed by atoms with Crippen LogP contribution in [0.1, 0.15) is 32.0 Å². The molecule has 0 bridgehead atoms. The number of hydrogen-bond acceptors (Lipinski definition) is 4. The van der Waals surface area contributed by atoms with Crippen LogP contribution in [-0.2, 0) is 17.6 Å². The second-order valence-electron chi connectivity index (χ2n) is 6.48. The summed E-state index contributed by atoms with van der Waals surface area (Å²) in [6, 6.07) is 1.82. The van der Waals surface area contributed by atoms with Crippen molar-refractivity contribution in [3.8, 4) is 0 Å². The van der Waals surface area contributed by atoms with Crippen molar-refractivity contribution in [2.24, 2.45) is 0 Å². The number of aromatic amines is 1. The number of ether oxygens (including phenoxy) is 1. The normalized spacial score (nSPS) is 15.5. The Bertz CT molecular complexity index is 720. The van der Waals surface area contributed by atoms with E-state index < -0.39 is 5.60 Å². The smallest absolute Gasteiger partial charge is 0.410 e. The van der Waals surface area contributed by atoms with Crippen molar-refractivity contribution in [1.82, 2.24) is 20.1 Å². The Kier molecular flexibility index (Phi) is 3.72. The van der Waals surface area contributed by atoms with Gasteiger partial charge in [0.15, 0.2) is 10.8 Å². The summed E-state index contributed by atoms with van der Waals surface area (Å²) < 4.78 is 5.45. The Morgan fingerprint density at radius 2 is 2.05 bits per heavy atom. The number of nitrogens with one attached hydrogen (secondary N) is 1. The number of H-pyrrole nitrogens is 1. The summed E-state index contributed by atoms with van der Waals surface area (Å²) in [4.78, 5) is 17.2. The van der Waals surface area contributed by atoms with Crippen LogP contribution in [-0.4, -0.2) is 44.9 Å². The Balaban J connectivity index is 1.81. The van der Waals surface area contributed by atoms with Crippen LogP contribution in [0.4, 0.5) is 4.79 Å². The maximum Gasteiger partial charge on any atom is 0.410 e. The van der Waals surface area contributed by atoms with Gasteiger partial charge in [-0.25, -0.2) is 4.79 Å². The van der Waals surface area contributed by atoms with E-state index in [1.807, 2.05) is 26.8 Å². The molecular weight excluding hydrogens is 304 g/mol. The Morgan fingerprint density at radius 3 is 2.77 bits per heavy atom. The Labute approximate surface area is 133 Å². The molecule has 0 atom stereocenters. The molecule has 7 heteroatoms. The van der Waals surface area contributed by atoms with Crippen molar-refractivity contribution in [2.75, 3.05) is 13.1 Å². The van der Waals surface area contributed by atoms with Crippen LogP contribution >= 0.6 is 11.6 Å². The Morgan fingerprint density at radius 1 is 1.32 bits per heavy atom. The van der Waals surface area contributed by atoms with Crippen LogP contribution in [0.5, 0.6) is 0 Å². The molecule has 0 fully saturated rings. The third-order valence-electron chi connectivity index (χ3n) is 3.64. The maximum absolute atomic E-state index is 12.2. The van der Waals surface area contributed by atoms with E-state index >= 15 is 0 Å². The molecule has 2 aromatic rings. The molecule has 0 saturated carbocycles. The van der Waals surface area contributed by atoms with E-state index in [-0.39, 0.29) is 6.09 Å². The standard InChI is InChI=1S/C15H19ClN4O2/c1-15(2,3)22-14(21)20-6-4-9-10-8-12(16)18-19-13(10)17-11(9)5-7-20/h8H,4-7H2,1-3H3,(H,17,19). The predicted octanol–water partition coefficient (Wildman–Crippen LogP) is 2.95. The second-order valence-corrected chi connectivity index (χ2v) is 6.87. The lowest BCUT2D eigenvalue weighted by molar-refractivity contribution is 0.0258. The summed E-state index contributed by atoms with van der Waals surface area (Å²) in [5.41, 5.74) is 2.53. The molecule has 0 radical (unpaired) electrons. The number of carbonyl (C=O) groups excluding carboxylic acids is 1. The summed E-state index contributed by atoms with van der Waals surface area (Å²) in [6.45, 7) is 6.86. The minimum absolute atomic E-state index is 0.264. The number of hydrogen-bond donors (Lipinski definition) is 1. The number of rotatable bonds is 0. The van der Waals surface area contributed by atoms with Crippen molar-refractivity contribution in [1.29, 1.82) is 0 Å². The molecular formula is C15H19ClN4O2. The summed E-state index contributed by atoms with van der Waals surface area (Å²) in [5.74, 6) is 0. The third-order valence-corrected chi connectivity index (χ3v) is 3.82. The van der Waals surface area contributed by atoms with Gasteiger partial charge in [0.1, 0.15) is 5.60 Å². The highest BCUT2D eigenvalue weighted by molar-refractivity contribution is 6.29. The quantitative estimate of drug-likeness (QED) is 0.809. The highest BCUT2D eigenvalue weighted by Gasteiger charge is 2.25. The van der Waals surface area contributed by atoms with Gasteiger partial charge in [-0.15, -0.1) is 10.2 Å². The minimum Gasteiger partial charge on any atom is -0.444 e. The topological polar surface area (TPSA) is 71.1 Å². The average molecular weight is 323 g/mol. The van der Waals surface area contributed by atoms with Gasteiger partial charge in [0.25, 0.3) is 0 Å². The fourth-order valence-electron chi connectivity index (χ4n) is 2.68. The first-order chi connectivity index (χ1) is 10.3. The SMILES string of the molecule is CC(C)(C)OC(=O)N1CCc2[nH]c3nnc(Cl)cc3c2CC1. The van der Waals surface area contributed by atoms with Gasteiger partial charge >= 0.3 is 6.09 Å². The summed E-state index contributed by atoms with van der Waals surface area (Å²) in [7, 11) is 0. The van der Waals surface area contributed by atoms with Gasteiger partial charge in [0.05, 0.1) is 0 Å². The van der Waals surface area contributed by atoms with Crippen LogP contribution in [0.15, 0.2) is 6.07 Å². The zero-order chi connectivity index (χ0) is 15.9. The molecule has 1 amide bonds. The Hall–Kier alpha value is -1.82. The second kappa shape index (κ2) is 5.43. The van der Waals surface area contributed by atoms with Crippen LogP contribution < -0.4 is 0 Å². The fraction of sp³-hybridized carbons (Fsp3) is 0.533. The lowest BCUT2D eigenvalue weighted by atomic mass is 10.1. The highest BCUT2D eigenvalue weighted by atomic mass is 35.5. The number of aromatic nitrogens is 3. The predicted molar refractivity (Wildman–Crippen MR) is 84.1 cm³/mol. The lowest BCUT2D eigenvalue weighted by Gasteiger charge is -2.26. The summed E-state index contributed by atoms with van der Waals surface area (Å²) >= 11 is 5.94. The van der Waals surface area contributed by atoms with Gasteiger partial charge in [-0.1, -0.05) is 11.6 Å². The molecule has 2 aromatic heterocycles. The van der Waals surface area contributed by atoms with Gasteiger partial charge in [-0.3, -0.25) is 0 Å². The van der Waals surface area contributed by atoms with Gasteiger partial charge in [-0.2, -0.15) is 0 Å². The molecule has 3 rings (SSSR count). The molecule has 1 N–H and O–H groups in total. The van der Waals surface area contributed by atoms with Crippen molar-refractivity contribution >= 4 is 28.7 Å². The molecule has 22 heavy (non-hydrogen) atoms. The molecule has 0 saturated heterocycles. The molecule has 1 aliphatic rings. The zero-order valence-corrected chi connectivity index (χ0v) is 13.7. The monoisotopic (exact) mass is 322 g/mol. The van der Waals surface area contributed by atoms with Crippen molar-refractivity contribution in [2.45, 2.75) is 39.2 Å². The van der Waals surface area contributed by atoms with Crippen LogP contribution in [0.25, 0.3) is 11.0 Å². The van der Waals surface area contributed by atoms with Crippen molar-refractivity contribution in [3.63, 3.8) is 0 Å². The zero-order valence-electron chi connectivity index (χ0n) is 12.9. The van der Waals surface area contributed by atoms with Crippen molar-refractivity contribution in [3.05, 3.63) is 22.5 Å². The third kappa shape index (κ3) is 3.02. The van der Waals surface area contributed by atoms with E-state index in [0.717, 1.165) is 35.1 Å². The van der Waals surface area contributed by atoms with E-state index in [0.29, 0.717) is 18.2 Å². The van der Waals surface area contributed by atoms with E-state index in [1.54, 1.807) is 4.90 Å². The van der Waals surface area contributed by atoms with E-state index in [2.05, 4.69) is 15.2 Å². The highest BCUT2D eigenvalue weighted by Crippen LogP contribution is 2.26. The van der Waals surface area contributed by atoms with E-state index in [1.165, 1.54) is 0 Å². The van der Waals surface area contributed by atoms with Crippen LogP contribution in [0.2, 0.25) is 5.15 Å². The molecule has 3 heterocycles. The maximum atomic E-state index is 12.2. The summed E-state index contributed by atoms with van der Waals surface area (Å²) in [5, 5.41) is 9.30. The summed E-state index contributed by atoms with van der Waals surface area (Å²) in [6.07, 6.45) is 1.22. The molecule has 0 aliphatic carbocycles. The van der Waals surface area contributed by atoms with Gasteiger partial charge in [0, 0.05) is 30.6 Å². The average Bonchev–Trinajstić information content (AvgIpc) is 2.61. The lowest BCUT2D eigenvalue weighted by Crippen LogP contribution is -2.38. The van der Waals surface area contributed by atoms with Gasteiger partial charge < -0.3 is 14.6 Å². The first-order valence-corrected chi connectivity index (χ1v) is 7.72. The molecule has 0 aromatic carbocycles. The van der Waals surface area contributed by atoms with Gasteiger partial charge in [0.2, 0.25) is 0 Å². The number of fused-ring (bicyclic) bond motifs is 3. The first kappa shape index (κ1) is 15.1. The number of halogens is 1. The molecule has 0 unspecified atom stereocenters. The van der Waals surface area contributed by atoms with Crippen LogP contribution in [0, 0.1) is 0 Å². The van der Waals surface area contributed by atoms with Crippen molar-refractivity contribution < 1.29 is 9.53 Å². The fourth-order valence-corrected chi connectivity index (χ4v) is 2.83. The molecule has 118 valence electrons. The van der Waals surface area contributed by atoms with E-state index in [4.69, 9.17) is 16.3 Å². The number of amides is 1. The van der Waals surface area contributed by atoms with Gasteiger partial charge in [-0.05, 0) is 38.8 Å². The first-order valence-electron chi connectivity index (χ1n) is 7.34. The molecule has 0 spiro atoms. The molecule has 1 aliphatic heterocycles. The number of nitrogens with zero attached hydrogens (tertiary/aromatic N) is 3. The largest absolute Gasteiger partial charge is 0.444 e. The number of carbonyl (C=O) groups is 1. The minimum atomic E-state index is -0.479. The van der Waals surface area contributed by atoms with Crippen LogP contribution in [0.3, 0.4) is 0 Å².